The number of benzene rings is 6. The molecule has 2 N–H and O–H groups in total. The van der Waals surface area contributed by atoms with Crippen LogP contribution >= 0.6 is 15.8 Å². The van der Waals surface area contributed by atoms with Gasteiger partial charge in [-0.3, -0.25) is 9.11 Å². The second-order valence-corrected chi connectivity index (χ2v) is 15.3. The van der Waals surface area contributed by atoms with Crippen molar-refractivity contribution in [1.29, 1.82) is 0 Å². The van der Waals surface area contributed by atoms with Gasteiger partial charge in [0.2, 0.25) is 0 Å². The average molecular weight is 820 g/mol. The van der Waals surface area contributed by atoms with Gasteiger partial charge in [0.1, 0.15) is 31.8 Å². The van der Waals surface area contributed by atoms with Crippen LogP contribution in [0.3, 0.4) is 0 Å². The molecule has 0 radical (unpaired) electrons. The first-order valence-electron chi connectivity index (χ1n) is 13.7. The molecule has 0 spiro atoms. The van der Waals surface area contributed by atoms with E-state index in [1.165, 1.54) is 31.8 Å². The van der Waals surface area contributed by atoms with Crippen molar-refractivity contribution in [3.63, 3.8) is 0 Å². The van der Waals surface area contributed by atoms with Gasteiger partial charge < -0.3 is 0 Å². The molecule has 6 aromatic rings. The van der Waals surface area contributed by atoms with Crippen LogP contribution in [0.5, 0.6) is 0 Å². The van der Waals surface area contributed by atoms with Crippen LogP contribution in [0.2, 0.25) is 0 Å². The largest absolute Gasteiger partial charge is 0.394 e. The third-order valence-electron chi connectivity index (χ3n) is 6.37. The standard InChI is InChI=1S/2C18H15P.H2O4S.Pt/c2*1-4-10-16(11-5-1)19(17-12-6-2-7-13-17)18-14-8-3-9-15-18;1-5(2,3)4;/h2*1-15H;(H2,1,2,3,4);/p+2. The van der Waals surface area contributed by atoms with Crippen LogP contribution in [0.15, 0.2) is 182 Å². The van der Waals surface area contributed by atoms with Crippen LogP contribution in [0, 0.1) is 0 Å². The molecule has 0 aliphatic carbocycles. The fourth-order valence-electron chi connectivity index (χ4n) is 4.63. The molecule has 44 heavy (non-hydrogen) atoms. The predicted octanol–water partition coefficient (Wildman–Crippen LogP) is 5.70. The van der Waals surface area contributed by atoms with Gasteiger partial charge in [-0.1, -0.05) is 109 Å². The summed E-state index contributed by atoms with van der Waals surface area (Å²) in [6.07, 6.45) is 0. The maximum Gasteiger partial charge on any atom is 0.394 e. The summed E-state index contributed by atoms with van der Waals surface area (Å²) in [5.74, 6) is 0. The molecule has 0 aliphatic heterocycles. The third-order valence-corrected chi connectivity index (χ3v) is 11.8. The van der Waals surface area contributed by atoms with E-state index in [9.17, 15) is 0 Å². The summed E-state index contributed by atoms with van der Waals surface area (Å²) >= 11 is 0. The zero-order valence-corrected chi connectivity index (χ0v) is 28.8. The Bertz CT molecular complexity index is 1420. The molecular weight excluding hydrogens is 785 g/mol. The van der Waals surface area contributed by atoms with E-state index in [-0.39, 0.29) is 21.1 Å². The first kappa shape index (κ1) is 35.2. The van der Waals surface area contributed by atoms with Gasteiger partial charge in [-0.2, -0.15) is 8.42 Å². The third kappa shape index (κ3) is 11.7. The van der Waals surface area contributed by atoms with Crippen LogP contribution in [-0.2, 0) is 31.5 Å². The van der Waals surface area contributed by atoms with Crippen molar-refractivity contribution < 1.29 is 38.6 Å². The average Bonchev–Trinajstić information content (AvgIpc) is 3.04. The van der Waals surface area contributed by atoms with Crippen molar-refractivity contribution in [3.05, 3.63) is 182 Å². The summed E-state index contributed by atoms with van der Waals surface area (Å²) < 4.78 is 31.6. The monoisotopic (exact) mass is 819 g/mol. The number of hydrogen-bond acceptors (Lipinski definition) is 2. The van der Waals surface area contributed by atoms with Gasteiger partial charge in [0.25, 0.3) is 0 Å². The van der Waals surface area contributed by atoms with Crippen molar-refractivity contribution in [2.45, 2.75) is 0 Å². The maximum atomic E-state index is 8.74. The zero-order valence-electron chi connectivity index (χ0n) is 23.8. The van der Waals surface area contributed by atoms with Crippen LogP contribution in [0.1, 0.15) is 0 Å². The predicted molar refractivity (Wildman–Crippen MR) is 187 cm³/mol. The van der Waals surface area contributed by atoms with Gasteiger partial charge in [0, 0.05) is 21.1 Å². The Labute approximate surface area is 277 Å². The summed E-state index contributed by atoms with van der Waals surface area (Å²) in [7, 11) is -6.42. The molecule has 0 saturated heterocycles. The summed E-state index contributed by atoms with van der Waals surface area (Å²) in [4.78, 5) is 0. The van der Waals surface area contributed by atoms with Crippen molar-refractivity contribution in [2.24, 2.45) is 0 Å². The molecule has 0 fully saturated rings. The topological polar surface area (TPSA) is 74.6 Å². The van der Waals surface area contributed by atoms with E-state index in [2.05, 4.69) is 182 Å². The van der Waals surface area contributed by atoms with E-state index < -0.39 is 26.2 Å². The summed E-state index contributed by atoms with van der Waals surface area (Å²) in [6, 6.07) is 65.0. The van der Waals surface area contributed by atoms with Crippen molar-refractivity contribution in [2.75, 3.05) is 0 Å². The van der Waals surface area contributed by atoms with Crippen LogP contribution in [-0.4, -0.2) is 17.5 Å². The van der Waals surface area contributed by atoms with E-state index in [0.717, 1.165) is 0 Å². The first-order valence-corrected chi connectivity index (χ1v) is 18.1. The molecule has 0 atom stereocenters. The van der Waals surface area contributed by atoms with E-state index >= 15 is 0 Å². The van der Waals surface area contributed by atoms with Crippen LogP contribution in [0.4, 0.5) is 0 Å². The zero-order chi connectivity index (χ0) is 30.3. The fourth-order valence-corrected chi connectivity index (χ4v) is 9.78. The maximum absolute atomic E-state index is 8.74. The Kier molecular flexibility index (Phi) is 14.8. The van der Waals surface area contributed by atoms with E-state index in [1.807, 2.05) is 0 Å². The molecule has 6 rings (SSSR count). The molecule has 4 nitrogen and oxygen atoms in total. The van der Waals surface area contributed by atoms with E-state index in [4.69, 9.17) is 17.5 Å². The van der Waals surface area contributed by atoms with Gasteiger partial charge in [-0.05, 0) is 72.8 Å². The Morgan fingerprint density at radius 3 is 0.545 bits per heavy atom. The Balaban J connectivity index is 0.000000205. The van der Waals surface area contributed by atoms with Gasteiger partial charge in [-0.15, -0.1) is 0 Å². The second kappa shape index (κ2) is 18.5. The normalized spacial score (nSPS) is 10.5. The van der Waals surface area contributed by atoms with Crippen LogP contribution < -0.4 is 31.8 Å². The van der Waals surface area contributed by atoms with Crippen molar-refractivity contribution in [1.82, 2.24) is 0 Å². The summed E-state index contributed by atoms with van der Waals surface area (Å²) in [5.41, 5.74) is 0. The minimum absolute atomic E-state index is 0. The molecule has 0 aromatic heterocycles. The van der Waals surface area contributed by atoms with Crippen molar-refractivity contribution >= 4 is 58.1 Å². The van der Waals surface area contributed by atoms with E-state index in [0.29, 0.717) is 0 Å². The molecule has 0 saturated carbocycles. The van der Waals surface area contributed by atoms with Crippen molar-refractivity contribution in [3.8, 4) is 0 Å². The molecule has 6 aromatic carbocycles. The quantitative estimate of drug-likeness (QED) is 0.167. The van der Waals surface area contributed by atoms with E-state index in [1.54, 1.807) is 0 Å². The smallest absolute Gasteiger partial charge is 0.264 e. The minimum atomic E-state index is -4.67. The second-order valence-electron chi connectivity index (χ2n) is 9.39. The molecule has 0 amide bonds. The summed E-state index contributed by atoms with van der Waals surface area (Å²) in [6.45, 7) is 0. The SMILES string of the molecule is O=S(=O)(O)O.[Pt].c1ccc([PH+](c2ccccc2)c2ccccc2)cc1.c1ccc([PH+](c2ccccc2)c2ccccc2)cc1. The summed E-state index contributed by atoms with van der Waals surface area (Å²) in [5, 5.41) is 8.61. The number of hydrogen-bond donors (Lipinski definition) is 2. The van der Waals surface area contributed by atoms with Gasteiger partial charge in [-0.25, -0.2) is 0 Å². The molecule has 0 unspecified atom stereocenters. The number of rotatable bonds is 6. The Morgan fingerprint density at radius 1 is 0.318 bits per heavy atom. The fraction of sp³-hybridized carbons (Fsp3) is 0. The van der Waals surface area contributed by atoms with Gasteiger partial charge >= 0.3 is 10.4 Å². The Hall–Kier alpha value is -3.26. The molecular formula is C36H34O4P2PtS+2. The molecule has 0 heterocycles. The molecule has 226 valence electrons. The Morgan fingerprint density at radius 2 is 0.432 bits per heavy atom. The first-order chi connectivity index (χ1) is 20.9. The molecule has 8 heteroatoms. The molecule has 0 aliphatic rings. The van der Waals surface area contributed by atoms with Crippen LogP contribution in [0.25, 0.3) is 0 Å². The molecule has 0 bridgehead atoms. The minimum Gasteiger partial charge on any atom is -0.264 e. The van der Waals surface area contributed by atoms with Gasteiger partial charge in [0.15, 0.2) is 0 Å². The van der Waals surface area contributed by atoms with Gasteiger partial charge in [0.05, 0.1) is 15.8 Å².